The summed E-state index contributed by atoms with van der Waals surface area (Å²) in [4.78, 5) is 30.8. The molecule has 3 aromatic heterocycles. The molecule has 0 bridgehead atoms. The Morgan fingerprint density at radius 2 is 1.72 bits per heavy atom. The van der Waals surface area contributed by atoms with Gasteiger partial charge in [0.15, 0.2) is 0 Å². The monoisotopic (exact) mass is 554 g/mol. The van der Waals surface area contributed by atoms with Gasteiger partial charge in [0, 0.05) is 34.4 Å². The number of aromatic nitrogens is 3. The normalized spacial score (nSPS) is 14.4. The van der Waals surface area contributed by atoms with Crippen LogP contribution in [0.5, 0.6) is 0 Å². The number of nitrogens with zero attached hydrogens (tertiary/aromatic N) is 4. The fourth-order valence-corrected chi connectivity index (χ4v) is 7.29. The molecule has 0 aliphatic carbocycles. The second kappa shape index (κ2) is 10.7. The van der Waals surface area contributed by atoms with Gasteiger partial charge in [-0.05, 0) is 50.1 Å². The van der Waals surface area contributed by atoms with Crippen molar-refractivity contribution in [3.63, 3.8) is 0 Å². The van der Waals surface area contributed by atoms with Crippen LogP contribution in [0, 0.1) is 0 Å². The van der Waals surface area contributed by atoms with E-state index >= 15 is 0 Å². The van der Waals surface area contributed by atoms with Gasteiger partial charge >= 0.3 is 0 Å². The van der Waals surface area contributed by atoms with Crippen LogP contribution in [0.1, 0.15) is 44.0 Å². The lowest BCUT2D eigenvalue weighted by atomic mass is 9.88. The molecule has 198 valence electrons. The summed E-state index contributed by atoms with van der Waals surface area (Å²) in [6.45, 7) is 7.04. The smallest absolute Gasteiger partial charge is 0.241 e. The van der Waals surface area contributed by atoms with Gasteiger partial charge in [-0.15, -0.1) is 11.3 Å². The van der Waals surface area contributed by atoms with Crippen molar-refractivity contribution in [1.29, 1.82) is 0 Å². The second-order valence-electron chi connectivity index (χ2n) is 10.3. The van der Waals surface area contributed by atoms with Crippen molar-refractivity contribution >= 4 is 60.8 Å². The summed E-state index contributed by atoms with van der Waals surface area (Å²) in [6.07, 6.45) is 4.39. The van der Waals surface area contributed by atoms with Crippen molar-refractivity contribution in [1.82, 2.24) is 15.0 Å². The van der Waals surface area contributed by atoms with E-state index in [9.17, 15) is 4.79 Å². The van der Waals surface area contributed by atoms with E-state index in [-0.39, 0.29) is 17.3 Å². The number of anilines is 2. The minimum Gasteiger partial charge on any atom is -0.370 e. The number of rotatable bonds is 7. The first-order chi connectivity index (χ1) is 18.9. The molecule has 6 rings (SSSR count). The molecule has 4 heterocycles. The molecule has 0 fully saturated rings. The number of para-hydroxylation sites is 2. The molecule has 0 radical (unpaired) electrons. The minimum absolute atomic E-state index is 0.00934. The maximum Gasteiger partial charge on any atom is 0.241 e. The lowest BCUT2D eigenvalue weighted by molar-refractivity contribution is -0.115. The van der Waals surface area contributed by atoms with E-state index in [4.69, 9.17) is 14.7 Å². The number of fused-ring (bicyclic) bond motifs is 5. The molecule has 1 amide bonds. The van der Waals surface area contributed by atoms with Crippen LogP contribution < -0.4 is 4.90 Å². The third kappa shape index (κ3) is 5.04. The Labute approximate surface area is 236 Å². The Hall–Kier alpha value is -3.33. The zero-order valence-corrected chi connectivity index (χ0v) is 23.9. The predicted octanol–water partition coefficient (Wildman–Crippen LogP) is 7.50. The van der Waals surface area contributed by atoms with Gasteiger partial charge in [0.25, 0.3) is 0 Å². The van der Waals surface area contributed by atoms with Crippen molar-refractivity contribution in [3.8, 4) is 0 Å². The van der Waals surface area contributed by atoms with Gasteiger partial charge in [0.1, 0.15) is 16.2 Å². The number of ether oxygens (including phenoxy) is 1. The Morgan fingerprint density at radius 1 is 1.03 bits per heavy atom. The van der Waals surface area contributed by atoms with Crippen LogP contribution in [-0.2, 0) is 29.0 Å². The number of pyridine rings is 1. The van der Waals surface area contributed by atoms with Crippen LogP contribution in [0.4, 0.5) is 11.4 Å². The summed E-state index contributed by atoms with van der Waals surface area (Å²) in [6, 6.07) is 19.5. The number of thioether (sulfide) groups is 1. The highest BCUT2D eigenvalue weighted by Crippen LogP contribution is 2.43. The van der Waals surface area contributed by atoms with E-state index in [1.165, 1.54) is 22.9 Å². The lowest BCUT2D eigenvalue weighted by Crippen LogP contribution is -2.32. The fourth-order valence-electron chi connectivity index (χ4n) is 5.18. The summed E-state index contributed by atoms with van der Waals surface area (Å²) in [5, 5.41) is 1.93. The van der Waals surface area contributed by atoms with Crippen molar-refractivity contribution in [3.05, 3.63) is 83.8 Å². The molecule has 0 spiro atoms. The molecule has 0 saturated heterocycles. The first-order valence-corrected chi connectivity index (χ1v) is 15.0. The number of hydrogen-bond donors (Lipinski definition) is 0. The number of thiophene rings is 1. The van der Waals surface area contributed by atoms with Gasteiger partial charge in [0.2, 0.25) is 5.91 Å². The maximum absolute atomic E-state index is 13.6. The highest BCUT2D eigenvalue weighted by Gasteiger charge is 2.31. The molecule has 1 aliphatic heterocycles. The van der Waals surface area contributed by atoms with Crippen LogP contribution >= 0.6 is 23.1 Å². The van der Waals surface area contributed by atoms with Gasteiger partial charge in [-0.3, -0.25) is 9.69 Å². The fraction of sp³-hybridized carbons (Fsp3) is 0.290. The highest BCUT2D eigenvalue weighted by molar-refractivity contribution is 8.00. The minimum atomic E-state index is -0.242. The Kier molecular flexibility index (Phi) is 7.10. The average molecular weight is 555 g/mol. The lowest BCUT2D eigenvalue weighted by Gasteiger charge is -2.33. The van der Waals surface area contributed by atoms with Gasteiger partial charge in [-0.25, -0.2) is 15.0 Å². The summed E-state index contributed by atoms with van der Waals surface area (Å²) >= 11 is 3.09. The molecule has 0 saturated carbocycles. The summed E-state index contributed by atoms with van der Waals surface area (Å²) in [5.74, 6) is 0.238. The number of hydrogen-bond acceptors (Lipinski definition) is 7. The first-order valence-electron chi connectivity index (χ1n) is 13.2. The number of benzene rings is 2. The van der Waals surface area contributed by atoms with E-state index in [2.05, 4.69) is 25.8 Å². The third-order valence-corrected chi connectivity index (χ3v) is 9.16. The van der Waals surface area contributed by atoms with Crippen LogP contribution in [0.25, 0.3) is 20.4 Å². The molecule has 2 aromatic carbocycles. The summed E-state index contributed by atoms with van der Waals surface area (Å²) in [5.41, 5.74) is 6.01. The molecule has 6 nitrogen and oxygen atoms in total. The van der Waals surface area contributed by atoms with Gasteiger partial charge in [-0.2, -0.15) is 0 Å². The zero-order chi connectivity index (χ0) is 27.0. The third-order valence-electron chi connectivity index (χ3n) is 6.98. The zero-order valence-electron chi connectivity index (χ0n) is 22.3. The summed E-state index contributed by atoms with van der Waals surface area (Å²) < 4.78 is 7.17. The van der Waals surface area contributed by atoms with E-state index < -0.39 is 0 Å². The summed E-state index contributed by atoms with van der Waals surface area (Å²) in [7, 11) is 0. The molecule has 1 aliphatic rings. The predicted molar refractivity (Wildman–Crippen MR) is 160 cm³/mol. The van der Waals surface area contributed by atoms with Crippen molar-refractivity contribution < 1.29 is 9.53 Å². The van der Waals surface area contributed by atoms with Crippen LogP contribution in [0.3, 0.4) is 0 Å². The average Bonchev–Trinajstić information content (AvgIpc) is 3.32. The first kappa shape index (κ1) is 25.9. The van der Waals surface area contributed by atoms with Crippen LogP contribution in [0.15, 0.2) is 72.0 Å². The Balaban J connectivity index is 1.37. The molecule has 0 atom stereocenters. The van der Waals surface area contributed by atoms with Gasteiger partial charge in [0.05, 0.1) is 28.2 Å². The highest BCUT2D eigenvalue weighted by atomic mass is 32.2. The van der Waals surface area contributed by atoms with Gasteiger partial charge < -0.3 is 4.74 Å². The largest absolute Gasteiger partial charge is 0.370 e. The molecule has 39 heavy (non-hydrogen) atoms. The van der Waals surface area contributed by atoms with Crippen LogP contribution in [-0.4, -0.2) is 32.2 Å². The van der Waals surface area contributed by atoms with E-state index in [0.29, 0.717) is 6.61 Å². The molecule has 5 aromatic rings. The van der Waals surface area contributed by atoms with E-state index in [0.717, 1.165) is 61.8 Å². The second-order valence-corrected chi connectivity index (χ2v) is 12.3. The number of amides is 1. The molecule has 8 heteroatoms. The maximum atomic E-state index is 13.6. The van der Waals surface area contributed by atoms with Gasteiger partial charge in [-0.1, -0.05) is 61.5 Å². The van der Waals surface area contributed by atoms with E-state index in [1.807, 2.05) is 60.7 Å². The molecular weight excluding hydrogens is 525 g/mol. The number of aryl methyl sites for hydroxylation is 1. The Bertz CT molecular complexity index is 1610. The topological polar surface area (TPSA) is 68.2 Å². The van der Waals surface area contributed by atoms with E-state index in [1.54, 1.807) is 22.6 Å². The molecular formula is C31H30N4O2S2. The Morgan fingerprint density at radius 3 is 2.38 bits per heavy atom. The SMILES string of the molecule is CCCc1nc2sc3c(SCC(=O)N(c4ccccc4)c4ccccc4)ncnc3c2c2c1COC(C)(C)C2. The van der Waals surface area contributed by atoms with Crippen molar-refractivity contribution in [2.24, 2.45) is 0 Å². The van der Waals surface area contributed by atoms with Crippen molar-refractivity contribution in [2.75, 3.05) is 10.7 Å². The number of carbonyl (C=O) groups is 1. The quantitative estimate of drug-likeness (QED) is 0.153. The standard InChI is InChI=1S/C31H30N4O2S2/c1-4-11-24-23-17-37-31(2,3)16-22(23)26-27-28(39-29(26)34-24)30(33-19-32-27)38-18-25(36)35(20-12-7-5-8-13-20)21-14-9-6-10-15-21/h5-10,12-15,19H,4,11,16-18H2,1-3H3. The molecule has 0 unspecified atom stereocenters. The molecule has 0 N–H and O–H groups in total. The van der Waals surface area contributed by atoms with Crippen molar-refractivity contribution in [2.45, 2.75) is 57.3 Å². The number of carbonyl (C=O) groups excluding carboxylic acids is 1. The van der Waals surface area contributed by atoms with Crippen LogP contribution in [0.2, 0.25) is 0 Å².